The molecule has 5 nitrogen and oxygen atoms in total. The van der Waals surface area contributed by atoms with Crippen LogP contribution >= 0.6 is 11.3 Å². The Labute approximate surface area is 170 Å². The van der Waals surface area contributed by atoms with Crippen LogP contribution in [-0.2, 0) is 11.3 Å². The number of amides is 2. The summed E-state index contributed by atoms with van der Waals surface area (Å²) in [5.74, 6) is 0.00906. The maximum atomic E-state index is 13.5. The number of rotatable bonds is 6. The van der Waals surface area contributed by atoms with Crippen LogP contribution in [0.2, 0.25) is 0 Å². The Hall–Kier alpha value is -2.18. The molecule has 2 heterocycles. The first-order valence-electron chi connectivity index (χ1n) is 10.0. The van der Waals surface area contributed by atoms with Gasteiger partial charge in [-0.05, 0) is 78.4 Å². The van der Waals surface area contributed by atoms with E-state index >= 15 is 0 Å². The van der Waals surface area contributed by atoms with Gasteiger partial charge in [0.05, 0.1) is 0 Å². The molecular formula is C22H27N3O2S. The predicted octanol–water partition coefficient (Wildman–Crippen LogP) is 3.88. The molecule has 1 aromatic heterocycles. The topological polar surface area (TPSA) is 61.4 Å². The molecule has 2 fully saturated rings. The molecule has 1 unspecified atom stereocenters. The number of thiophene rings is 1. The number of benzene rings is 1. The van der Waals surface area contributed by atoms with Crippen LogP contribution in [0.25, 0.3) is 0 Å². The summed E-state index contributed by atoms with van der Waals surface area (Å²) < 4.78 is 0. The van der Waals surface area contributed by atoms with Crippen LogP contribution in [0, 0.1) is 5.41 Å². The molecule has 0 radical (unpaired) electrons. The number of anilines is 1. The van der Waals surface area contributed by atoms with E-state index < -0.39 is 0 Å². The normalized spacial score (nSPS) is 20.0. The smallest absolute Gasteiger partial charge is 0.254 e. The number of carbonyl (C=O) groups excluding carboxylic acids is 2. The highest BCUT2D eigenvalue weighted by Crippen LogP contribution is 2.56. The Morgan fingerprint density at radius 3 is 2.82 bits per heavy atom. The van der Waals surface area contributed by atoms with Gasteiger partial charge >= 0.3 is 0 Å². The van der Waals surface area contributed by atoms with Crippen LogP contribution in [0.3, 0.4) is 0 Å². The van der Waals surface area contributed by atoms with Crippen LogP contribution in [0.1, 0.15) is 48.5 Å². The predicted molar refractivity (Wildman–Crippen MR) is 112 cm³/mol. The third kappa shape index (κ3) is 3.98. The van der Waals surface area contributed by atoms with Crippen molar-refractivity contribution in [2.24, 2.45) is 5.41 Å². The second-order valence-electron chi connectivity index (χ2n) is 7.88. The fraction of sp³-hybridized carbons (Fsp3) is 0.455. The number of nitrogens with one attached hydrogen (secondary N) is 2. The second kappa shape index (κ2) is 8.05. The van der Waals surface area contributed by atoms with Crippen molar-refractivity contribution in [3.8, 4) is 0 Å². The van der Waals surface area contributed by atoms with Gasteiger partial charge in [0.25, 0.3) is 5.91 Å². The number of hydrogen-bond acceptors (Lipinski definition) is 4. The maximum Gasteiger partial charge on any atom is 0.254 e. The summed E-state index contributed by atoms with van der Waals surface area (Å²) in [7, 11) is 0. The molecule has 2 amide bonds. The summed E-state index contributed by atoms with van der Waals surface area (Å²) in [6, 6.07) is 9.72. The molecule has 1 atom stereocenters. The average molecular weight is 398 g/mol. The van der Waals surface area contributed by atoms with Gasteiger partial charge in [0.2, 0.25) is 5.91 Å². The number of nitrogens with zero attached hydrogens (tertiary/aromatic N) is 1. The molecule has 1 saturated heterocycles. The second-order valence-corrected chi connectivity index (χ2v) is 8.66. The lowest BCUT2D eigenvalue weighted by molar-refractivity contribution is -0.115. The average Bonchev–Trinajstić information content (AvgIpc) is 3.14. The third-order valence-corrected chi connectivity index (χ3v) is 6.76. The Morgan fingerprint density at radius 1 is 1.29 bits per heavy atom. The van der Waals surface area contributed by atoms with Gasteiger partial charge in [0, 0.05) is 30.3 Å². The minimum Gasteiger partial charge on any atom is -0.331 e. The molecule has 1 aliphatic carbocycles. The molecule has 0 bridgehead atoms. The number of carbonyl (C=O) groups is 2. The van der Waals surface area contributed by atoms with Gasteiger partial charge in [-0.15, -0.1) is 0 Å². The zero-order valence-corrected chi connectivity index (χ0v) is 17.1. The van der Waals surface area contributed by atoms with E-state index in [1.807, 2.05) is 25.1 Å². The van der Waals surface area contributed by atoms with Crippen LogP contribution in [0.5, 0.6) is 0 Å². The van der Waals surface area contributed by atoms with Crippen molar-refractivity contribution >= 4 is 28.8 Å². The quantitative estimate of drug-likeness (QED) is 0.778. The summed E-state index contributed by atoms with van der Waals surface area (Å²) in [5, 5.41) is 10.5. The standard InChI is InChI=1S/C22H27N3O2S/c1-2-20(26)24-18-5-3-4-17(12-18)21(27)25(14-16-6-11-28-15-16)19-13-22(19)7-9-23-10-8-22/h3-6,11-12,15,19,23H,2,7-10,13-14H2,1H3,(H,24,26). The Morgan fingerprint density at radius 2 is 2.11 bits per heavy atom. The largest absolute Gasteiger partial charge is 0.331 e. The van der Waals surface area contributed by atoms with Gasteiger partial charge in [0.1, 0.15) is 0 Å². The molecule has 6 heteroatoms. The molecule has 2 aliphatic rings. The first-order chi connectivity index (χ1) is 13.6. The molecule has 1 aliphatic heterocycles. The molecule has 1 saturated carbocycles. The van der Waals surface area contributed by atoms with Crippen molar-refractivity contribution in [2.45, 2.75) is 45.2 Å². The molecular weight excluding hydrogens is 370 g/mol. The Bertz CT molecular complexity index is 843. The fourth-order valence-electron chi connectivity index (χ4n) is 4.28. The zero-order chi connectivity index (χ0) is 19.6. The van der Waals surface area contributed by atoms with Gasteiger partial charge in [-0.25, -0.2) is 0 Å². The summed E-state index contributed by atoms with van der Waals surface area (Å²) >= 11 is 1.66. The van der Waals surface area contributed by atoms with Crippen molar-refractivity contribution in [3.63, 3.8) is 0 Å². The van der Waals surface area contributed by atoms with Crippen molar-refractivity contribution in [1.82, 2.24) is 10.2 Å². The van der Waals surface area contributed by atoms with E-state index in [-0.39, 0.29) is 17.2 Å². The summed E-state index contributed by atoms with van der Waals surface area (Å²) in [6.45, 7) is 4.54. The highest BCUT2D eigenvalue weighted by molar-refractivity contribution is 7.07. The molecule has 2 aromatic rings. The SMILES string of the molecule is CCC(=O)Nc1cccc(C(=O)N(Cc2ccsc2)C2CC23CCNCC3)c1. The summed E-state index contributed by atoms with van der Waals surface area (Å²) in [5.41, 5.74) is 2.79. The van der Waals surface area contributed by atoms with E-state index in [9.17, 15) is 9.59 Å². The fourth-order valence-corrected chi connectivity index (χ4v) is 4.94. The minimum absolute atomic E-state index is 0.0458. The lowest BCUT2D eigenvalue weighted by atomic mass is 9.93. The Balaban J connectivity index is 1.57. The summed E-state index contributed by atoms with van der Waals surface area (Å²) in [6.07, 6.45) is 3.78. The molecule has 4 rings (SSSR count). The first-order valence-corrected chi connectivity index (χ1v) is 11.0. The van der Waals surface area contributed by atoms with Gasteiger partial charge in [-0.2, -0.15) is 11.3 Å². The van der Waals surface area contributed by atoms with Crippen molar-refractivity contribution < 1.29 is 9.59 Å². The summed E-state index contributed by atoms with van der Waals surface area (Å²) in [4.78, 5) is 27.3. The van der Waals surface area contributed by atoms with Gasteiger partial charge in [-0.1, -0.05) is 13.0 Å². The lowest BCUT2D eigenvalue weighted by Crippen LogP contribution is -2.39. The number of hydrogen-bond donors (Lipinski definition) is 2. The first kappa shape index (κ1) is 19.2. The van der Waals surface area contributed by atoms with Crippen molar-refractivity contribution in [2.75, 3.05) is 18.4 Å². The highest BCUT2D eigenvalue weighted by atomic mass is 32.1. The number of piperidine rings is 1. The molecule has 2 N–H and O–H groups in total. The monoisotopic (exact) mass is 397 g/mol. The van der Waals surface area contributed by atoms with Gasteiger partial charge < -0.3 is 15.5 Å². The van der Waals surface area contributed by atoms with E-state index in [0.29, 0.717) is 30.3 Å². The molecule has 1 aromatic carbocycles. The van der Waals surface area contributed by atoms with Crippen LogP contribution in [0.15, 0.2) is 41.1 Å². The molecule has 28 heavy (non-hydrogen) atoms. The molecule has 1 spiro atoms. The van der Waals surface area contributed by atoms with Crippen LogP contribution in [-0.4, -0.2) is 35.8 Å². The third-order valence-electron chi connectivity index (χ3n) is 6.03. The molecule has 148 valence electrons. The van der Waals surface area contributed by atoms with Crippen molar-refractivity contribution in [1.29, 1.82) is 0 Å². The van der Waals surface area contributed by atoms with E-state index in [2.05, 4.69) is 32.4 Å². The Kier molecular flexibility index (Phi) is 5.51. The van der Waals surface area contributed by atoms with Crippen LogP contribution in [0.4, 0.5) is 5.69 Å². The van der Waals surface area contributed by atoms with E-state index in [4.69, 9.17) is 0 Å². The highest BCUT2D eigenvalue weighted by Gasteiger charge is 2.57. The van der Waals surface area contributed by atoms with E-state index in [0.717, 1.165) is 32.4 Å². The lowest BCUT2D eigenvalue weighted by Gasteiger charge is -2.29. The van der Waals surface area contributed by atoms with E-state index in [1.165, 1.54) is 5.56 Å². The minimum atomic E-state index is -0.0458. The van der Waals surface area contributed by atoms with Crippen LogP contribution < -0.4 is 10.6 Å². The van der Waals surface area contributed by atoms with Gasteiger partial charge in [0.15, 0.2) is 0 Å². The zero-order valence-electron chi connectivity index (χ0n) is 16.2. The van der Waals surface area contributed by atoms with E-state index in [1.54, 1.807) is 17.4 Å². The maximum absolute atomic E-state index is 13.5. The van der Waals surface area contributed by atoms with Gasteiger partial charge in [-0.3, -0.25) is 9.59 Å². The van der Waals surface area contributed by atoms with Crippen molar-refractivity contribution in [3.05, 3.63) is 52.2 Å².